The molecule has 0 amide bonds. The Morgan fingerprint density at radius 1 is 1.50 bits per heavy atom. The van der Waals surface area contributed by atoms with E-state index < -0.39 is 35.4 Å². The number of aromatic hydroxyl groups is 1. The zero-order chi connectivity index (χ0) is 12.3. The largest absolute Gasteiger partial charge is 0.506 e. The lowest BCUT2D eigenvalue weighted by Crippen LogP contribution is -2.14. The van der Waals surface area contributed by atoms with E-state index in [1.54, 1.807) is 0 Å². The van der Waals surface area contributed by atoms with Crippen molar-refractivity contribution in [2.24, 2.45) is 0 Å². The van der Waals surface area contributed by atoms with Gasteiger partial charge >= 0.3 is 12.1 Å². The number of methoxy groups -OCH3 is 1. The van der Waals surface area contributed by atoms with Gasteiger partial charge in [0.05, 0.1) is 19.7 Å². The average Bonchev–Trinajstić information content (AvgIpc) is 2.15. The lowest BCUT2D eigenvalue weighted by molar-refractivity contribution is -0.142. The van der Waals surface area contributed by atoms with Crippen molar-refractivity contribution in [1.29, 1.82) is 0 Å². The van der Waals surface area contributed by atoms with Crippen LogP contribution in [0.1, 0.15) is 11.1 Å². The maximum atomic E-state index is 12.5. The molecule has 0 spiro atoms. The van der Waals surface area contributed by atoms with Crippen LogP contribution in [0.2, 0.25) is 0 Å². The Morgan fingerprint density at radius 3 is 2.62 bits per heavy atom. The van der Waals surface area contributed by atoms with E-state index in [1.807, 2.05) is 0 Å². The van der Waals surface area contributed by atoms with Gasteiger partial charge in [0.25, 0.3) is 0 Å². The average molecular weight is 235 g/mol. The third kappa shape index (κ3) is 2.62. The molecule has 0 aliphatic rings. The lowest BCUT2D eigenvalue weighted by Gasteiger charge is -2.12. The van der Waals surface area contributed by atoms with E-state index in [9.17, 15) is 18.0 Å². The highest BCUT2D eigenvalue weighted by Crippen LogP contribution is 2.37. The molecule has 1 N–H and O–H groups in total. The molecule has 0 aliphatic carbocycles. The summed E-state index contributed by atoms with van der Waals surface area (Å²) in [6, 6.07) is 0. The molecule has 0 bridgehead atoms. The Hall–Kier alpha value is -1.79. The molecular weight excluding hydrogens is 227 g/mol. The zero-order valence-corrected chi connectivity index (χ0v) is 8.21. The van der Waals surface area contributed by atoms with Crippen LogP contribution >= 0.6 is 0 Å². The molecule has 7 heteroatoms. The predicted molar refractivity (Wildman–Crippen MR) is 46.6 cm³/mol. The lowest BCUT2D eigenvalue weighted by atomic mass is 10.1. The third-order valence-corrected chi connectivity index (χ3v) is 1.85. The van der Waals surface area contributed by atoms with E-state index in [0.717, 1.165) is 13.3 Å². The fraction of sp³-hybridized carbons (Fsp3) is 0.333. The fourth-order valence-electron chi connectivity index (χ4n) is 1.18. The van der Waals surface area contributed by atoms with E-state index in [2.05, 4.69) is 9.72 Å². The summed E-state index contributed by atoms with van der Waals surface area (Å²) in [5.41, 5.74) is -1.67. The second-order valence-electron chi connectivity index (χ2n) is 2.94. The fourth-order valence-corrected chi connectivity index (χ4v) is 1.18. The molecule has 0 saturated heterocycles. The summed E-state index contributed by atoms with van der Waals surface area (Å²) in [5.74, 6) is -1.84. The number of nitrogens with zero attached hydrogens (tertiary/aromatic N) is 1. The van der Waals surface area contributed by atoms with Gasteiger partial charge in [0, 0.05) is 6.20 Å². The first-order valence-electron chi connectivity index (χ1n) is 4.16. The smallest absolute Gasteiger partial charge is 0.420 e. The molecule has 0 aromatic carbocycles. The summed E-state index contributed by atoms with van der Waals surface area (Å²) in [6.45, 7) is 0. The number of hydrogen-bond acceptors (Lipinski definition) is 4. The summed E-state index contributed by atoms with van der Waals surface area (Å²) in [4.78, 5) is 14.3. The van der Waals surface area contributed by atoms with Gasteiger partial charge in [-0.2, -0.15) is 13.2 Å². The number of halogens is 3. The number of esters is 1. The van der Waals surface area contributed by atoms with E-state index in [-0.39, 0.29) is 0 Å². The molecule has 0 unspecified atom stereocenters. The Labute approximate surface area is 88.7 Å². The van der Waals surface area contributed by atoms with Crippen LogP contribution in [0, 0.1) is 0 Å². The Morgan fingerprint density at radius 2 is 2.12 bits per heavy atom. The first-order chi connectivity index (χ1) is 7.36. The minimum absolute atomic E-state index is 0.417. The van der Waals surface area contributed by atoms with Crippen LogP contribution in [-0.4, -0.2) is 23.2 Å². The van der Waals surface area contributed by atoms with Gasteiger partial charge < -0.3 is 9.84 Å². The Bertz CT molecular complexity index is 403. The van der Waals surface area contributed by atoms with E-state index in [0.29, 0.717) is 6.20 Å². The standard InChI is InChI=1S/C9H8F3NO3/c1-16-7(15)2-5-3-13-4-6(14)8(5)9(10,11)12/h3-4,14H,2H2,1H3. The SMILES string of the molecule is COC(=O)Cc1cncc(O)c1C(F)(F)F. The monoisotopic (exact) mass is 235 g/mol. The quantitative estimate of drug-likeness (QED) is 0.789. The molecule has 88 valence electrons. The van der Waals surface area contributed by atoms with Gasteiger partial charge in [0.15, 0.2) is 0 Å². The van der Waals surface area contributed by atoms with Crippen molar-refractivity contribution in [2.45, 2.75) is 12.6 Å². The minimum Gasteiger partial charge on any atom is -0.506 e. The van der Waals surface area contributed by atoms with Crippen molar-refractivity contribution in [3.63, 3.8) is 0 Å². The highest BCUT2D eigenvalue weighted by molar-refractivity contribution is 5.73. The summed E-state index contributed by atoms with van der Waals surface area (Å²) < 4.78 is 41.8. The van der Waals surface area contributed by atoms with Gasteiger partial charge in [-0.1, -0.05) is 0 Å². The second-order valence-corrected chi connectivity index (χ2v) is 2.94. The summed E-state index contributed by atoms with van der Waals surface area (Å²) in [7, 11) is 1.06. The van der Waals surface area contributed by atoms with Crippen molar-refractivity contribution in [3.05, 3.63) is 23.5 Å². The molecule has 1 aromatic heterocycles. The first-order valence-corrected chi connectivity index (χ1v) is 4.16. The van der Waals surface area contributed by atoms with Gasteiger partial charge in [-0.15, -0.1) is 0 Å². The van der Waals surface area contributed by atoms with E-state index >= 15 is 0 Å². The molecule has 4 nitrogen and oxygen atoms in total. The topological polar surface area (TPSA) is 59.4 Å². The molecule has 0 saturated carbocycles. The van der Waals surface area contributed by atoms with Crippen LogP contribution in [0.15, 0.2) is 12.4 Å². The van der Waals surface area contributed by atoms with Gasteiger partial charge in [-0.3, -0.25) is 9.78 Å². The van der Waals surface area contributed by atoms with Gasteiger partial charge in [0.1, 0.15) is 11.3 Å². The van der Waals surface area contributed by atoms with Gasteiger partial charge in [0.2, 0.25) is 0 Å². The summed E-state index contributed by atoms with van der Waals surface area (Å²) in [6.07, 6.45) is -3.79. The molecule has 0 radical (unpaired) electrons. The van der Waals surface area contributed by atoms with E-state index in [1.165, 1.54) is 0 Å². The second kappa shape index (κ2) is 4.38. The number of ether oxygens (including phenoxy) is 1. The van der Waals surface area contributed by atoms with Crippen molar-refractivity contribution < 1.29 is 27.8 Å². The number of rotatable bonds is 2. The Kier molecular flexibility index (Phi) is 3.36. The van der Waals surface area contributed by atoms with Crippen molar-refractivity contribution in [2.75, 3.05) is 7.11 Å². The molecule has 0 aliphatic heterocycles. The van der Waals surface area contributed by atoms with Crippen LogP contribution < -0.4 is 0 Å². The zero-order valence-electron chi connectivity index (χ0n) is 8.21. The molecule has 1 rings (SSSR count). The maximum Gasteiger partial charge on any atom is 0.420 e. The number of carbonyl (C=O) groups is 1. The molecule has 0 fully saturated rings. The molecular formula is C9H8F3NO3. The van der Waals surface area contributed by atoms with Crippen molar-refractivity contribution >= 4 is 5.97 Å². The maximum absolute atomic E-state index is 12.5. The predicted octanol–water partition coefficient (Wildman–Crippen LogP) is 1.52. The first kappa shape index (κ1) is 12.3. The normalized spacial score (nSPS) is 11.2. The number of alkyl halides is 3. The highest BCUT2D eigenvalue weighted by atomic mass is 19.4. The van der Waals surface area contributed by atoms with Crippen LogP contribution in [0.25, 0.3) is 0 Å². The highest BCUT2D eigenvalue weighted by Gasteiger charge is 2.37. The van der Waals surface area contributed by atoms with Crippen LogP contribution in [0.4, 0.5) is 13.2 Å². The molecule has 1 heterocycles. The number of hydrogen-bond donors (Lipinski definition) is 1. The molecule has 16 heavy (non-hydrogen) atoms. The van der Waals surface area contributed by atoms with E-state index in [4.69, 9.17) is 5.11 Å². The summed E-state index contributed by atoms with van der Waals surface area (Å²) in [5, 5.41) is 9.08. The molecule has 0 atom stereocenters. The Balaban J connectivity index is 3.18. The molecule has 1 aromatic rings. The van der Waals surface area contributed by atoms with Crippen LogP contribution in [0.5, 0.6) is 5.75 Å². The third-order valence-electron chi connectivity index (χ3n) is 1.85. The number of carbonyl (C=O) groups excluding carboxylic acids is 1. The van der Waals surface area contributed by atoms with Gasteiger partial charge in [-0.25, -0.2) is 0 Å². The van der Waals surface area contributed by atoms with Crippen LogP contribution in [-0.2, 0) is 22.1 Å². The summed E-state index contributed by atoms with van der Waals surface area (Å²) >= 11 is 0. The minimum atomic E-state index is -4.74. The number of aromatic nitrogens is 1. The number of pyridine rings is 1. The van der Waals surface area contributed by atoms with Gasteiger partial charge in [-0.05, 0) is 5.56 Å². The van der Waals surface area contributed by atoms with Crippen molar-refractivity contribution in [1.82, 2.24) is 4.98 Å². The van der Waals surface area contributed by atoms with Crippen molar-refractivity contribution in [3.8, 4) is 5.75 Å². The van der Waals surface area contributed by atoms with Crippen LogP contribution in [0.3, 0.4) is 0 Å².